The molecule has 2 aromatic rings. The summed E-state index contributed by atoms with van der Waals surface area (Å²) >= 11 is 0. The van der Waals surface area contributed by atoms with Crippen LogP contribution in [0.3, 0.4) is 0 Å². The van der Waals surface area contributed by atoms with Gasteiger partial charge in [-0.05, 0) is 25.1 Å². The number of rotatable bonds is 4. The van der Waals surface area contributed by atoms with Gasteiger partial charge in [0.05, 0.1) is 6.10 Å². The van der Waals surface area contributed by atoms with Crippen LogP contribution in [-0.2, 0) is 20.0 Å². The molecule has 4 nitrogen and oxygen atoms in total. The van der Waals surface area contributed by atoms with Gasteiger partial charge in [0, 0.05) is 49.8 Å². The minimum absolute atomic E-state index is 0.295. The van der Waals surface area contributed by atoms with E-state index in [0.717, 1.165) is 26.1 Å². The third kappa shape index (κ3) is 2.35. The number of likely N-dealkylation sites (N-methyl/N-ethyl adjacent to an activating group) is 1. The third-order valence-electron chi connectivity index (χ3n) is 4.30. The molecule has 0 saturated carbocycles. The van der Waals surface area contributed by atoms with Crippen molar-refractivity contribution in [3.05, 3.63) is 35.5 Å². The molecular weight excluding hydrogens is 250 g/mol. The second-order valence-corrected chi connectivity index (χ2v) is 5.70. The summed E-state index contributed by atoms with van der Waals surface area (Å²) in [4.78, 5) is 2.35. The van der Waals surface area contributed by atoms with Gasteiger partial charge in [-0.25, -0.2) is 0 Å². The second kappa shape index (κ2) is 5.56. The monoisotopic (exact) mass is 273 g/mol. The Morgan fingerprint density at radius 2 is 2.15 bits per heavy atom. The minimum atomic E-state index is -0.295. The third-order valence-corrected chi connectivity index (χ3v) is 4.30. The molecule has 0 fully saturated rings. The molecule has 1 aliphatic rings. The van der Waals surface area contributed by atoms with Crippen LogP contribution in [0.2, 0.25) is 0 Å². The van der Waals surface area contributed by atoms with Crippen molar-refractivity contribution >= 4 is 10.9 Å². The van der Waals surface area contributed by atoms with E-state index in [4.69, 9.17) is 0 Å². The summed E-state index contributed by atoms with van der Waals surface area (Å²) in [6.07, 6.45) is 0.777. The lowest BCUT2D eigenvalue weighted by Gasteiger charge is -2.29. The van der Waals surface area contributed by atoms with Gasteiger partial charge >= 0.3 is 0 Å². The summed E-state index contributed by atoms with van der Waals surface area (Å²) in [5.74, 6) is 0. The molecule has 3 rings (SSSR count). The topological polar surface area (TPSA) is 40.4 Å². The van der Waals surface area contributed by atoms with E-state index in [2.05, 4.69) is 46.1 Å². The molecular formula is C16H23N3O. The van der Waals surface area contributed by atoms with E-state index in [9.17, 15) is 5.11 Å². The fourth-order valence-electron chi connectivity index (χ4n) is 3.32. The van der Waals surface area contributed by atoms with Crippen LogP contribution in [0.15, 0.2) is 24.3 Å². The molecule has 0 radical (unpaired) electrons. The molecule has 2 N–H and O–H groups in total. The highest BCUT2D eigenvalue weighted by atomic mass is 16.3. The Balaban J connectivity index is 1.84. The Labute approximate surface area is 120 Å². The highest BCUT2D eigenvalue weighted by Gasteiger charge is 2.23. The van der Waals surface area contributed by atoms with E-state index in [1.807, 2.05) is 7.05 Å². The summed E-state index contributed by atoms with van der Waals surface area (Å²) in [5.41, 5.74) is 4.20. The number of nitrogens with zero attached hydrogens (tertiary/aromatic N) is 2. The standard InChI is InChI=1S/C16H23N3O/c1-17-9-12(20)10-19-8-7-14-13-5-3-4-6-15(13)18(2)16(14)11-19/h3-6,12,17,20H,7-11H2,1-2H3. The van der Waals surface area contributed by atoms with Crippen LogP contribution in [-0.4, -0.2) is 47.4 Å². The lowest BCUT2D eigenvalue weighted by molar-refractivity contribution is 0.105. The van der Waals surface area contributed by atoms with E-state index < -0.39 is 0 Å². The van der Waals surface area contributed by atoms with Crippen LogP contribution >= 0.6 is 0 Å². The highest BCUT2D eigenvalue weighted by Crippen LogP contribution is 2.29. The van der Waals surface area contributed by atoms with Crippen LogP contribution in [0.1, 0.15) is 11.3 Å². The number of para-hydroxylation sites is 1. The zero-order valence-corrected chi connectivity index (χ0v) is 12.3. The summed E-state index contributed by atoms with van der Waals surface area (Å²) in [5, 5.41) is 14.4. The molecule has 0 amide bonds. The number of aliphatic hydroxyl groups is 1. The number of benzene rings is 1. The lowest BCUT2D eigenvalue weighted by Crippen LogP contribution is -2.40. The Morgan fingerprint density at radius 1 is 1.35 bits per heavy atom. The van der Waals surface area contributed by atoms with Crippen molar-refractivity contribution in [1.29, 1.82) is 0 Å². The predicted octanol–water partition coefficient (Wildman–Crippen LogP) is 1.12. The molecule has 0 aliphatic carbocycles. The predicted molar refractivity (Wildman–Crippen MR) is 81.8 cm³/mol. The minimum Gasteiger partial charge on any atom is -0.390 e. The molecule has 0 spiro atoms. The second-order valence-electron chi connectivity index (χ2n) is 5.70. The Morgan fingerprint density at radius 3 is 2.95 bits per heavy atom. The van der Waals surface area contributed by atoms with Crippen molar-refractivity contribution in [2.24, 2.45) is 7.05 Å². The first kappa shape index (κ1) is 13.6. The number of hydrogen-bond donors (Lipinski definition) is 2. The largest absolute Gasteiger partial charge is 0.390 e. The highest BCUT2D eigenvalue weighted by molar-refractivity contribution is 5.85. The van der Waals surface area contributed by atoms with Crippen molar-refractivity contribution in [1.82, 2.24) is 14.8 Å². The average Bonchev–Trinajstić information content (AvgIpc) is 2.73. The smallest absolute Gasteiger partial charge is 0.0791 e. The van der Waals surface area contributed by atoms with E-state index >= 15 is 0 Å². The fourth-order valence-corrected chi connectivity index (χ4v) is 3.32. The molecule has 0 saturated heterocycles. The molecule has 1 aliphatic heterocycles. The van der Waals surface area contributed by atoms with Crippen molar-refractivity contribution in [3.63, 3.8) is 0 Å². The number of fused-ring (bicyclic) bond motifs is 3. The first-order valence-electron chi connectivity index (χ1n) is 7.31. The van der Waals surface area contributed by atoms with Gasteiger partial charge in [0.1, 0.15) is 0 Å². The molecule has 1 atom stereocenters. The normalized spacial score (nSPS) is 17.4. The average molecular weight is 273 g/mol. The zero-order chi connectivity index (χ0) is 14.1. The number of β-amino-alcohol motifs (C(OH)–C–C–N with tert-alkyl or cyclic N) is 1. The van der Waals surface area contributed by atoms with Crippen molar-refractivity contribution in [3.8, 4) is 0 Å². The molecule has 1 aromatic carbocycles. The van der Waals surface area contributed by atoms with Crippen LogP contribution < -0.4 is 5.32 Å². The number of aromatic nitrogens is 1. The van der Waals surface area contributed by atoms with Gasteiger partial charge in [0.2, 0.25) is 0 Å². The van der Waals surface area contributed by atoms with E-state index in [0.29, 0.717) is 6.54 Å². The number of nitrogens with one attached hydrogen (secondary N) is 1. The van der Waals surface area contributed by atoms with Gasteiger partial charge in [-0.15, -0.1) is 0 Å². The van der Waals surface area contributed by atoms with Crippen LogP contribution in [0.5, 0.6) is 0 Å². The lowest BCUT2D eigenvalue weighted by atomic mass is 10.0. The maximum absolute atomic E-state index is 9.95. The quantitative estimate of drug-likeness (QED) is 0.877. The summed E-state index contributed by atoms with van der Waals surface area (Å²) in [6.45, 7) is 3.35. The number of aliphatic hydroxyl groups excluding tert-OH is 1. The SMILES string of the molecule is CNCC(O)CN1CCc2c(n(C)c3ccccc23)C1. The first-order valence-corrected chi connectivity index (χ1v) is 7.31. The van der Waals surface area contributed by atoms with E-state index in [1.165, 1.54) is 22.2 Å². The van der Waals surface area contributed by atoms with Gasteiger partial charge in [-0.2, -0.15) is 0 Å². The van der Waals surface area contributed by atoms with Gasteiger partial charge in [-0.1, -0.05) is 18.2 Å². The number of aryl methyl sites for hydroxylation is 1. The maximum atomic E-state index is 9.95. The Bertz CT molecular complexity index is 605. The fraction of sp³-hybridized carbons (Fsp3) is 0.500. The van der Waals surface area contributed by atoms with Crippen LogP contribution in [0, 0.1) is 0 Å². The maximum Gasteiger partial charge on any atom is 0.0791 e. The Kier molecular flexibility index (Phi) is 3.78. The summed E-state index contributed by atoms with van der Waals surface area (Å²) in [6, 6.07) is 8.63. The first-order chi connectivity index (χ1) is 9.70. The molecule has 20 heavy (non-hydrogen) atoms. The van der Waals surface area contributed by atoms with Gasteiger partial charge in [-0.3, -0.25) is 4.90 Å². The summed E-state index contributed by atoms with van der Waals surface area (Å²) < 4.78 is 2.31. The summed E-state index contributed by atoms with van der Waals surface area (Å²) in [7, 11) is 4.02. The van der Waals surface area contributed by atoms with Gasteiger partial charge < -0.3 is 15.0 Å². The molecule has 2 heterocycles. The van der Waals surface area contributed by atoms with Crippen molar-refractivity contribution in [2.45, 2.75) is 19.1 Å². The number of hydrogen-bond acceptors (Lipinski definition) is 3. The van der Waals surface area contributed by atoms with Crippen LogP contribution in [0.4, 0.5) is 0 Å². The van der Waals surface area contributed by atoms with E-state index in [1.54, 1.807) is 0 Å². The molecule has 108 valence electrons. The molecule has 1 aromatic heterocycles. The van der Waals surface area contributed by atoms with Gasteiger partial charge in [0.25, 0.3) is 0 Å². The van der Waals surface area contributed by atoms with Crippen molar-refractivity contribution in [2.75, 3.05) is 26.7 Å². The van der Waals surface area contributed by atoms with Crippen LogP contribution in [0.25, 0.3) is 10.9 Å². The molecule has 4 heteroatoms. The van der Waals surface area contributed by atoms with Gasteiger partial charge in [0.15, 0.2) is 0 Å². The molecule has 1 unspecified atom stereocenters. The zero-order valence-electron chi connectivity index (χ0n) is 12.3. The molecule has 0 bridgehead atoms. The Hall–Kier alpha value is -1.36. The van der Waals surface area contributed by atoms with Crippen molar-refractivity contribution < 1.29 is 5.11 Å². The van der Waals surface area contributed by atoms with E-state index in [-0.39, 0.29) is 6.10 Å².